The Kier molecular flexibility index (Phi) is 2.03. The molecule has 0 amide bonds. The molecule has 4 nitrogen and oxygen atoms in total. The molecular formula is C7H12N2O2. The van der Waals surface area contributed by atoms with Crippen molar-refractivity contribution in [3.05, 3.63) is 12.4 Å². The summed E-state index contributed by atoms with van der Waals surface area (Å²) in [6.45, 7) is 3.58. The van der Waals surface area contributed by atoms with Crippen molar-refractivity contribution in [2.45, 2.75) is 26.1 Å². The average Bonchev–Trinajstić information content (AvgIpc) is 2.33. The van der Waals surface area contributed by atoms with Gasteiger partial charge in [-0.25, -0.2) is 4.79 Å². The first-order valence-electron chi connectivity index (χ1n) is 3.56. The molecule has 2 N–H and O–H groups in total. The van der Waals surface area contributed by atoms with E-state index in [1.807, 2.05) is 6.92 Å². The summed E-state index contributed by atoms with van der Waals surface area (Å²) >= 11 is 0. The number of carboxylic acids is 1. The molecule has 0 fully saturated rings. The highest BCUT2D eigenvalue weighted by molar-refractivity contribution is 5.73. The number of hydrogen-bond acceptors (Lipinski definition) is 3. The maximum absolute atomic E-state index is 10.5. The van der Waals surface area contributed by atoms with Crippen molar-refractivity contribution >= 4 is 5.97 Å². The van der Waals surface area contributed by atoms with Crippen molar-refractivity contribution < 1.29 is 9.90 Å². The second kappa shape index (κ2) is 2.82. The second-order valence-electron chi connectivity index (χ2n) is 2.62. The normalized spacial score (nSPS) is 24.9. The molecule has 0 aromatic rings. The summed E-state index contributed by atoms with van der Waals surface area (Å²) in [6, 6.07) is -0.462. The Hall–Kier alpha value is -1.19. The summed E-state index contributed by atoms with van der Waals surface area (Å²) in [7, 11) is 0. The van der Waals surface area contributed by atoms with Gasteiger partial charge in [0, 0.05) is 12.4 Å². The molecule has 11 heavy (non-hydrogen) atoms. The fraction of sp³-hybridized carbons (Fsp3) is 0.571. The Morgan fingerprint density at radius 2 is 2.45 bits per heavy atom. The smallest absolute Gasteiger partial charge is 0.326 e. The van der Waals surface area contributed by atoms with E-state index in [1.165, 1.54) is 0 Å². The summed E-state index contributed by atoms with van der Waals surface area (Å²) in [6.07, 6.45) is 3.59. The first-order chi connectivity index (χ1) is 5.13. The summed E-state index contributed by atoms with van der Waals surface area (Å²) < 4.78 is 0. The van der Waals surface area contributed by atoms with Crippen LogP contribution in [0.1, 0.15) is 13.8 Å². The minimum atomic E-state index is -0.801. The summed E-state index contributed by atoms with van der Waals surface area (Å²) in [5.74, 6) is -0.801. The molecule has 2 atom stereocenters. The Bertz CT molecular complexity index is 191. The average molecular weight is 156 g/mol. The van der Waals surface area contributed by atoms with E-state index in [1.54, 1.807) is 24.2 Å². The topological polar surface area (TPSA) is 52.6 Å². The maximum Gasteiger partial charge on any atom is 0.326 e. The van der Waals surface area contributed by atoms with Crippen LogP contribution in [-0.2, 0) is 4.79 Å². The van der Waals surface area contributed by atoms with Gasteiger partial charge in [-0.2, -0.15) is 0 Å². The number of carboxylic acid groups (broad SMARTS) is 1. The van der Waals surface area contributed by atoms with Crippen LogP contribution in [0.25, 0.3) is 0 Å². The second-order valence-corrected chi connectivity index (χ2v) is 2.62. The van der Waals surface area contributed by atoms with Gasteiger partial charge in [0.2, 0.25) is 0 Å². The van der Waals surface area contributed by atoms with Crippen molar-refractivity contribution in [2.75, 3.05) is 0 Å². The summed E-state index contributed by atoms with van der Waals surface area (Å²) in [5.41, 5.74) is 0. The van der Waals surface area contributed by atoms with Crippen molar-refractivity contribution in [1.82, 2.24) is 10.2 Å². The third-order valence-electron chi connectivity index (χ3n) is 1.84. The Balaban J connectivity index is 2.59. The van der Waals surface area contributed by atoms with E-state index >= 15 is 0 Å². The van der Waals surface area contributed by atoms with Crippen molar-refractivity contribution in [3.63, 3.8) is 0 Å². The van der Waals surface area contributed by atoms with Gasteiger partial charge in [0.05, 0.1) is 6.17 Å². The Morgan fingerprint density at radius 1 is 1.82 bits per heavy atom. The standard InChI is InChI=1S/C7H12N2O2/c1-5(7(10)11)9-4-3-8-6(9)2/h3-6,8H,1-2H3,(H,10,11). The van der Waals surface area contributed by atoms with E-state index in [9.17, 15) is 4.79 Å². The molecule has 1 heterocycles. The first kappa shape index (κ1) is 7.91. The van der Waals surface area contributed by atoms with Crippen LogP contribution in [0.2, 0.25) is 0 Å². The number of aliphatic carboxylic acids is 1. The van der Waals surface area contributed by atoms with E-state index in [0.717, 1.165) is 0 Å². The highest BCUT2D eigenvalue weighted by atomic mass is 16.4. The molecule has 0 spiro atoms. The third-order valence-corrected chi connectivity index (χ3v) is 1.84. The molecule has 1 aliphatic rings. The predicted molar refractivity (Wildman–Crippen MR) is 40.7 cm³/mol. The van der Waals surface area contributed by atoms with Gasteiger partial charge >= 0.3 is 5.97 Å². The van der Waals surface area contributed by atoms with E-state index in [-0.39, 0.29) is 6.17 Å². The zero-order valence-corrected chi connectivity index (χ0v) is 6.61. The molecule has 0 aliphatic carbocycles. The highest BCUT2D eigenvalue weighted by Crippen LogP contribution is 2.08. The lowest BCUT2D eigenvalue weighted by atomic mass is 10.3. The van der Waals surface area contributed by atoms with Gasteiger partial charge in [-0.05, 0) is 13.8 Å². The molecule has 62 valence electrons. The number of nitrogens with zero attached hydrogens (tertiary/aromatic N) is 1. The lowest BCUT2D eigenvalue weighted by Gasteiger charge is -2.25. The molecule has 0 saturated carbocycles. The molecule has 0 aromatic carbocycles. The minimum Gasteiger partial charge on any atom is -0.480 e. The van der Waals surface area contributed by atoms with Gasteiger partial charge in [-0.15, -0.1) is 0 Å². The number of rotatable bonds is 2. The maximum atomic E-state index is 10.5. The molecule has 0 bridgehead atoms. The molecule has 0 aromatic heterocycles. The van der Waals surface area contributed by atoms with E-state index in [0.29, 0.717) is 0 Å². The van der Waals surface area contributed by atoms with Crippen LogP contribution in [0.5, 0.6) is 0 Å². The van der Waals surface area contributed by atoms with Gasteiger partial charge in [0.1, 0.15) is 6.04 Å². The predicted octanol–water partition coefficient (Wildman–Crippen LogP) is 0.182. The minimum absolute atomic E-state index is 0.0844. The number of nitrogens with one attached hydrogen (secondary N) is 1. The van der Waals surface area contributed by atoms with E-state index in [2.05, 4.69) is 5.32 Å². The van der Waals surface area contributed by atoms with Crippen LogP contribution in [-0.4, -0.2) is 28.2 Å². The van der Waals surface area contributed by atoms with Crippen molar-refractivity contribution in [2.24, 2.45) is 0 Å². The van der Waals surface area contributed by atoms with E-state index in [4.69, 9.17) is 5.11 Å². The van der Waals surface area contributed by atoms with Crippen LogP contribution in [0.15, 0.2) is 12.4 Å². The SMILES string of the molecule is CC1NC=CN1C(C)C(=O)O. The van der Waals surface area contributed by atoms with Gasteiger partial charge in [-0.3, -0.25) is 0 Å². The zero-order valence-electron chi connectivity index (χ0n) is 6.61. The highest BCUT2D eigenvalue weighted by Gasteiger charge is 2.23. The third kappa shape index (κ3) is 1.45. The van der Waals surface area contributed by atoms with Gasteiger partial charge in [0.25, 0.3) is 0 Å². The lowest BCUT2D eigenvalue weighted by molar-refractivity contribution is -0.142. The molecule has 0 radical (unpaired) electrons. The fourth-order valence-corrected chi connectivity index (χ4v) is 1.08. The van der Waals surface area contributed by atoms with Gasteiger partial charge in [0.15, 0.2) is 0 Å². The zero-order chi connectivity index (χ0) is 8.43. The molecule has 1 rings (SSSR count). The van der Waals surface area contributed by atoms with Crippen LogP contribution >= 0.6 is 0 Å². The molecule has 2 unspecified atom stereocenters. The quantitative estimate of drug-likeness (QED) is 0.599. The van der Waals surface area contributed by atoms with Crippen LogP contribution in [0, 0.1) is 0 Å². The van der Waals surface area contributed by atoms with Gasteiger partial charge in [-0.1, -0.05) is 0 Å². The monoisotopic (exact) mass is 156 g/mol. The van der Waals surface area contributed by atoms with E-state index < -0.39 is 12.0 Å². The fourth-order valence-electron chi connectivity index (χ4n) is 1.08. The van der Waals surface area contributed by atoms with Crippen molar-refractivity contribution in [3.8, 4) is 0 Å². The first-order valence-corrected chi connectivity index (χ1v) is 3.56. The molecule has 1 aliphatic heterocycles. The number of carbonyl (C=O) groups is 1. The van der Waals surface area contributed by atoms with Crippen molar-refractivity contribution in [1.29, 1.82) is 0 Å². The summed E-state index contributed by atoms with van der Waals surface area (Å²) in [5, 5.41) is 11.6. The van der Waals surface area contributed by atoms with Crippen LogP contribution < -0.4 is 5.32 Å². The van der Waals surface area contributed by atoms with Crippen LogP contribution in [0.3, 0.4) is 0 Å². The molecule has 4 heteroatoms. The van der Waals surface area contributed by atoms with Gasteiger partial charge < -0.3 is 15.3 Å². The lowest BCUT2D eigenvalue weighted by Crippen LogP contribution is -2.42. The largest absolute Gasteiger partial charge is 0.480 e. The summed E-state index contributed by atoms with van der Waals surface area (Å²) in [4.78, 5) is 12.3. The molecular weight excluding hydrogens is 144 g/mol. The Labute approximate surface area is 65.5 Å². The molecule has 0 saturated heterocycles. The van der Waals surface area contributed by atoms with Crippen LogP contribution in [0.4, 0.5) is 0 Å². The number of hydrogen-bond donors (Lipinski definition) is 2. The Morgan fingerprint density at radius 3 is 2.82 bits per heavy atom.